The highest BCUT2D eigenvalue weighted by Gasteiger charge is 2.26. The summed E-state index contributed by atoms with van der Waals surface area (Å²) in [6.45, 7) is 4.55. The van der Waals surface area contributed by atoms with Crippen LogP contribution in [0.1, 0.15) is 61.3 Å². The van der Waals surface area contributed by atoms with Crippen LogP contribution in [0.3, 0.4) is 0 Å². The zero-order valence-corrected chi connectivity index (χ0v) is 13.1. The summed E-state index contributed by atoms with van der Waals surface area (Å²) in [4.78, 5) is 0. The maximum absolute atomic E-state index is 2.42. The van der Waals surface area contributed by atoms with Crippen LogP contribution in [0.5, 0.6) is 0 Å². The molecule has 0 fully saturated rings. The summed E-state index contributed by atoms with van der Waals surface area (Å²) in [5.74, 6) is 0.573. The summed E-state index contributed by atoms with van der Waals surface area (Å²) < 4.78 is 0. The van der Waals surface area contributed by atoms with Crippen LogP contribution in [0.4, 0.5) is 0 Å². The fourth-order valence-electron chi connectivity index (χ4n) is 3.55. The molecular weight excluding hydrogens is 252 g/mol. The lowest BCUT2D eigenvalue weighted by Crippen LogP contribution is -2.01. The highest BCUT2D eigenvalue weighted by atomic mass is 14.3. The molecule has 0 N–H and O–H groups in total. The second kappa shape index (κ2) is 6.30. The Morgan fingerprint density at radius 2 is 1.62 bits per heavy atom. The van der Waals surface area contributed by atoms with E-state index in [2.05, 4.69) is 68.5 Å². The average molecular weight is 276 g/mol. The Balaban J connectivity index is 2.06. The van der Waals surface area contributed by atoms with E-state index < -0.39 is 0 Å². The molecule has 0 heterocycles. The molecule has 0 saturated heterocycles. The van der Waals surface area contributed by atoms with Crippen molar-refractivity contribution in [3.05, 3.63) is 70.8 Å². The average Bonchev–Trinajstić information content (AvgIpc) is 2.88. The van der Waals surface area contributed by atoms with Crippen molar-refractivity contribution in [2.24, 2.45) is 0 Å². The van der Waals surface area contributed by atoms with Gasteiger partial charge in [-0.25, -0.2) is 0 Å². The summed E-state index contributed by atoms with van der Waals surface area (Å²) in [5.41, 5.74) is 7.43. The van der Waals surface area contributed by atoms with Crippen molar-refractivity contribution in [3.63, 3.8) is 0 Å². The number of fused-ring (bicyclic) bond motifs is 1. The number of benzene rings is 2. The molecule has 21 heavy (non-hydrogen) atoms. The Labute approximate surface area is 128 Å². The minimum atomic E-state index is 0.573. The molecule has 1 aliphatic carbocycles. The van der Waals surface area contributed by atoms with Crippen molar-refractivity contribution in [3.8, 4) is 0 Å². The van der Waals surface area contributed by atoms with E-state index in [4.69, 9.17) is 0 Å². The van der Waals surface area contributed by atoms with E-state index in [1.54, 1.807) is 0 Å². The molecule has 108 valence electrons. The molecule has 0 bridgehead atoms. The number of allylic oxidation sites excluding steroid dienone is 1. The van der Waals surface area contributed by atoms with E-state index in [0.717, 1.165) is 0 Å². The molecule has 0 radical (unpaired) electrons. The maximum atomic E-state index is 2.42. The van der Waals surface area contributed by atoms with Crippen LogP contribution in [0, 0.1) is 0 Å². The molecule has 3 rings (SSSR count). The first-order chi connectivity index (χ1) is 10.3. The van der Waals surface area contributed by atoms with Gasteiger partial charge in [-0.3, -0.25) is 0 Å². The molecule has 0 amide bonds. The molecular formula is C21H24. The minimum absolute atomic E-state index is 0.573. The summed E-state index contributed by atoms with van der Waals surface area (Å²) in [5, 5.41) is 0. The van der Waals surface area contributed by atoms with Gasteiger partial charge in [0.25, 0.3) is 0 Å². The Morgan fingerprint density at radius 1 is 0.857 bits per heavy atom. The number of hydrogen-bond acceptors (Lipinski definition) is 0. The van der Waals surface area contributed by atoms with Crippen molar-refractivity contribution in [1.29, 1.82) is 0 Å². The summed E-state index contributed by atoms with van der Waals surface area (Å²) in [6.07, 6.45) is 7.26. The summed E-state index contributed by atoms with van der Waals surface area (Å²) in [6, 6.07) is 17.9. The predicted octanol–water partition coefficient (Wildman–Crippen LogP) is 6.08. The van der Waals surface area contributed by atoms with Crippen molar-refractivity contribution in [2.45, 2.75) is 45.4 Å². The van der Waals surface area contributed by atoms with Gasteiger partial charge in [0.1, 0.15) is 0 Å². The van der Waals surface area contributed by atoms with Crippen molar-refractivity contribution in [2.75, 3.05) is 0 Å². The van der Waals surface area contributed by atoms with Crippen LogP contribution in [-0.2, 0) is 6.42 Å². The Hall–Kier alpha value is -1.82. The number of aryl methyl sites for hydroxylation is 1. The first kappa shape index (κ1) is 14.1. The van der Waals surface area contributed by atoms with E-state index >= 15 is 0 Å². The van der Waals surface area contributed by atoms with Gasteiger partial charge in [-0.15, -0.1) is 0 Å². The normalized spacial score (nSPS) is 16.7. The van der Waals surface area contributed by atoms with Crippen LogP contribution in [0.25, 0.3) is 11.6 Å². The fraction of sp³-hybridized carbons (Fsp3) is 0.333. The minimum Gasteiger partial charge on any atom is -0.0653 e. The van der Waals surface area contributed by atoms with E-state index in [1.807, 2.05) is 0 Å². The van der Waals surface area contributed by atoms with Gasteiger partial charge in [-0.2, -0.15) is 0 Å². The number of hydrogen-bond donors (Lipinski definition) is 0. The van der Waals surface area contributed by atoms with E-state index in [-0.39, 0.29) is 0 Å². The first-order valence-corrected chi connectivity index (χ1v) is 8.24. The van der Waals surface area contributed by atoms with Gasteiger partial charge in [-0.05, 0) is 40.7 Å². The zero-order chi connectivity index (χ0) is 14.7. The lowest BCUT2D eigenvalue weighted by Gasteiger charge is -2.19. The molecule has 0 spiro atoms. The lowest BCUT2D eigenvalue weighted by molar-refractivity contribution is 0.736. The Bertz CT molecular complexity index is 649. The largest absolute Gasteiger partial charge is 0.0653 e. The highest BCUT2D eigenvalue weighted by Crippen LogP contribution is 2.45. The standard InChI is InChI=1S/C21H24/c1-3-9-16-11-5-7-13-18(16)21-15-17-12-6-8-14-19(17)20(21)10-4-2/h5-8,11-15,20H,3-4,9-10H2,1-2H3. The molecule has 0 heteroatoms. The summed E-state index contributed by atoms with van der Waals surface area (Å²) >= 11 is 0. The second-order valence-corrected chi connectivity index (χ2v) is 5.98. The van der Waals surface area contributed by atoms with Crippen LogP contribution in [0.2, 0.25) is 0 Å². The third kappa shape index (κ3) is 2.68. The van der Waals surface area contributed by atoms with Crippen LogP contribution in [-0.4, -0.2) is 0 Å². The maximum Gasteiger partial charge on any atom is 0.0101 e. The second-order valence-electron chi connectivity index (χ2n) is 5.98. The van der Waals surface area contributed by atoms with Gasteiger partial charge in [0, 0.05) is 5.92 Å². The molecule has 1 aliphatic rings. The lowest BCUT2D eigenvalue weighted by atomic mass is 9.85. The molecule has 1 atom stereocenters. The molecule has 2 aromatic carbocycles. The van der Waals surface area contributed by atoms with Crippen molar-refractivity contribution >= 4 is 11.6 Å². The van der Waals surface area contributed by atoms with E-state index in [9.17, 15) is 0 Å². The molecule has 0 saturated carbocycles. The topological polar surface area (TPSA) is 0 Å². The van der Waals surface area contributed by atoms with Gasteiger partial charge in [-0.1, -0.05) is 81.3 Å². The molecule has 0 aliphatic heterocycles. The number of rotatable bonds is 5. The van der Waals surface area contributed by atoms with E-state index in [1.165, 1.54) is 53.5 Å². The van der Waals surface area contributed by atoms with E-state index in [0.29, 0.717) is 5.92 Å². The third-order valence-corrected chi connectivity index (χ3v) is 4.48. The van der Waals surface area contributed by atoms with Gasteiger partial charge in [0.15, 0.2) is 0 Å². The van der Waals surface area contributed by atoms with Crippen LogP contribution in [0.15, 0.2) is 48.5 Å². The van der Waals surface area contributed by atoms with Gasteiger partial charge in [0.05, 0.1) is 0 Å². The summed E-state index contributed by atoms with van der Waals surface area (Å²) in [7, 11) is 0. The van der Waals surface area contributed by atoms with Crippen LogP contribution >= 0.6 is 0 Å². The Morgan fingerprint density at radius 3 is 2.43 bits per heavy atom. The molecule has 0 aromatic heterocycles. The monoisotopic (exact) mass is 276 g/mol. The zero-order valence-electron chi connectivity index (χ0n) is 13.1. The third-order valence-electron chi connectivity index (χ3n) is 4.48. The van der Waals surface area contributed by atoms with Crippen molar-refractivity contribution in [1.82, 2.24) is 0 Å². The van der Waals surface area contributed by atoms with Gasteiger partial charge >= 0.3 is 0 Å². The molecule has 2 aromatic rings. The van der Waals surface area contributed by atoms with Crippen LogP contribution < -0.4 is 0 Å². The first-order valence-electron chi connectivity index (χ1n) is 8.24. The highest BCUT2D eigenvalue weighted by molar-refractivity contribution is 5.92. The van der Waals surface area contributed by atoms with Gasteiger partial charge in [0.2, 0.25) is 0 Å². The quantitative estimate of drug-likeness (QED) is 0.621. The van der Waals surface area contributed by atoms with Crippen molar-refractivity contribution < 1.29 is 0 Å². The fourth-order valence-corrected chi connectivity index (χ4v) is 3.55. The van der Waals surface area contributed by atoms with Gasteiger partial charge < -0.3 is 0 Å². The molecule has 0 nitrogen and oxygen atoms in total. The predicted molar refractivity (Wildman–Crippen MR) is 92.4 cm³/mol. The SMILES string of the molecule is CCCc1ccccc1C1=Cc2ccccc2C1CCC. The smallest absolute Gasteiger partial charge is 0.0101 e. The Kier molecular flexibility index (Phi) is 4.24. The molecule has 1 unspecified atom stereocenters.